The third kappa shape index (κ3) is 6.36. The third-order valence-electron chi connectivity index (χ3n) is 3.70. The van der Waals surface area contributed by atoms with E-state index in [0.717, 1.165) is 51.8 Å². The van der Waals surface area contributed by atoms with Gasteiger partial charge in [0, 0.05) is 6.92 Å². The molecule has 0 atom stereocenters. The number of carbonyl (C=O) groups excluding carboxylic acids is 1. The number of amidine groups is 1. The summed E-state index contributed by atoms with van der Waals surface area (Å²) in [5.74, 6) is -1.08. The fraction of sp³-hybridized carbons (Fsp3) is 0.0526. The molecule has 146 valence electrons. The number of benzene rings is 2. The molecule has 0 bridgehead atoms. The average molecular weight is 430 g/mol. The Bertz CT molecular complexity index is 1110. The number of aromatic nitrogens is 4. The summed E-state index contributed by atoms with van der Waals surface area (Å²) in [4.78, 5) is 25.9. The van der Waals surface area contributed by atoms with Crippen molar-refractivity contribution < 1.29 is 14.7 Å². The second-order valence-electron chi connectivity index (χ2n) is 6.19. The first-order valence-electron chi connectivity index (χ1n) is 8.80. The molecule has 0 aliphatic carbocycles. The van der Waals surface area contributed by atoms with Gasteiger partial charge in [-0.25, -0.2) is 4.68 Å². The van der Waals surface area contributed by atoms with Crippen LogP contribution in [0, 0.1) is 0 Å². The van der Waals surface area contributed by atoms with Crippen molar-refractivity contribution in [2.45, 2.75) is 6.92 Å². The van der Waals surface area contributed by atoms with Crippen LogP contribution in [0.25, 0.3) is 11.8 Å². The summed E-state index contributed by atoms with van der Waals surface area (Å²) in [5, 5.41) is 22.3. The number of thioether (sulfide) groups is 1. The Morgan fingerprint density at radius 1 is 1.23 bits per heavy atom. The molecule has 3 aromatic rings. The second-order valence-corrected chi connectivity index (χ2v) is 8.38. The Morgan fingerprint density at radius 3 is 2.63 bits per heavy atom. The van der Waals surface area contributed by atoms with Crippen molar-refractivity contribution in [1.29, 1.82) is 0 Å². The van der Waals surface area contributed by atoms with Gasteiger partial charge in [0.2, 0.25) is 0 Å². The Balaban J connectivity index is 0.000000589. The zero-order valence-corrected chi connectivity index (χ0v) is 19.0. The van der Waals surface area contributed by atoms with Gasteiger partial charge in [-0.1, -0.05) is 0 Å². The van der Waals surface area contributed by atoms with Crippen molar-refractivity contribution in [3.05, 3.63) is 65.3 Å². The first-order chi connectivity index (χ1) is 14.4. The van der Waals surface area contributed by atoms with E-state index in [4.69, 9.17) is 9.90 Å². The van der Waals surface area contributed by atoms with Crippen molar-refractivity contribution >= 4 is 71.3 Å². The quantitative estimate of drug-likeness (QED) is 0.475. The molecule has 4 rings (SSSR count). The van der Waals surface area contributed by atoms with E-state index >= 15 is 0 Å². The number of aliphatic carboxylic acids is 1. The normalized spacial score (nSPS) is 14.2. The van der Waals surface area contributed by atoms with E-state index in [1.54, 1.807) is 4.68 Å². The summed E-state index contributed by atoms with van der Waals surface area (Å²) in [6, 6.07) is 15.7. The fourth-order valence-electron chi connectivity index (χ4n) is 2.41. The summed E-state index contributed by atoms with van der Waals surface area (Å²) in [5.41, 5.74) is 2.62. The molecule has 2 aromatic carbocycles. The van der Waals surface area contributed by atoms with Crippen LogP contribution in [0.1, 0.15) is 12.5 Å². The number of nitrogens with one attached hydrogen (secondary N) is 1. The number of carbonyl (C=O) groups is 2. The molecule has 0 saturated carbocycles. The number of anilines is 1. The van der Waals surface area contributed by atoms with Crippen LogP contribution in [0.3, 0.4) is 0 Å². The van der Waals surface area contributed by atoms with E-state index in [1.165, 1.54) is 20.9 Å². The predicted octanol–water partition coefficient (Wildman–Crippen LogP) is 1.63. The van der Waals surface area contributed by atoms with Crippen LogP contribution in [0.5, 0.6) is 0 Å². The minimum absolute atomic E-state index is 0.246. The van der Waals surface area contributed by atoms with Gasteiger partial charge < -0.3 is 5.11 Å². The number of carboxylic acid groups (broad SMARTS) is 1. The fourth-order valence-corrected chi connectivity index (χ4v) is 3.58. The zero-order valence-electron chi connectivity index (χ0n) is 16.2. The van der Waals surface area contributed by atoms with E-state index in [-0.39, 0.29) is 5.91 Å². The van der Waals surface area contributed by atoms with Crippen molar-refractivity contribution in [1.82, 2.24) is 20.2 Å². The molecule has 0 spiro atoms. The number of tetrazole rings is 1. The van der Waals surface area contributed by atoms with E-state index in [9.17, 15) is 4.79 Å². The van der Waals surface area contributed by atoms with Gasteiger partial charge in [0.05, 0.1) is 0 Å². The number of hydrogen-bond acceptors (Lipinski definition) is 7. The van der Waals surface area contributed by atoms with Gasteiger partial charge in [0.25, 0.3) is 5.97 Å². The van der Waals surface area contributed by atoms with Gasteiger partial charge in [0.1, 0.15) is 6.33 Å². The van der Waals surface area contributed by atoms with Crippen molar-refractivity contribution in [2.24, 2.45) is 4.99 Å². The van der Waals surface area contributed by atoms with Crippen molar-refractivity contribution in [3.8, 4) is 5.69 Å². The van der Waals surface area contributed by atoms with Crippen LogP contribution in [0.2, 0.25) is 0 Å². The molecule has 1 aromatic heterocycles. The number of aliphatic imine (C=N–C) groups is 1. The first-order valence-corrected chi connectivity index (χ1v) is 10.6. The van der Waals surface area contributed by atoms with Crippen molar-refractivity contribution in [2.75, 3.05) is 5.32 Å². The summed E-state index contributed by atoms with van der Waals surface area (Å²) in [6.45, 7) is 1.08. The Morgan fingerprint density at radius 2 is 1.97 bits per heavy atom. The molecule has 2 heterocycles. The molecule has 1 aliphatic heterocycles. The number of nitrogens with zero attached hydrogens (tertiary/aromatic N) is 5. The summed E-state index contributed by atoms with van der Waals surface area (Å²) < 4.78 is 2.88. The summed E-state index contributed by atoms with van der Waals surface area (Å²) in [6.07, 6.45) is 3.34. The summed E-state index contributed by atoms with van der Waals surface area (Å²) >= 11 is 2.34. The minimum atomic E-state index is -0.833. The van der Waals surface area contributed by atoms with Crippen LogP contribution < -0.4 is 8.13 Å². The molecule has 0 unspecified atom stereocenters. The van der Waals surface area contributed by atoms with Crippen LogP contribution in [0.15, 0.2) is 64.8 Å². The number of amides is 1. The first kappa shape index (κ1) is 21.9. The topological polar surface area (TPSA) is 122 Å². The Labute approximate surface area is 193 Å². The number of rotatable bonds is 3. The van der Waals surface area contributed by atoms with E-state index < -0.39 is 5.97 Å². The van der Waals surface area contributed by atoms with Crippen LogP contribution in [-0.2, 0) is 9.59 Å². The molecule has 11 heteroatoms. The molecule has 30 heavy (non-hydrogen) atoms. The van der Waals surface area contributed by atoms with Gasteiger partial charge >= 0.3 is 139 Å². The molecule has 0 radical (unpaired) electrons. The predicted molar refractivity (Wildman–Crippen MR) is 116 cm³/mol. The van der Waals surface area contributed by atoms with Crippen LogP contribution >= 0.6 is 11.8 Å². The van der Waals surface area contributed by atoms with E-state index in [1.807, 2.05) is 42.5 Å². The zero-order chi connectivity index (χ0) is 21.5. The van der Waals surface area contributed by atoms with Crippen molar-refractivity contribution in [3.63, 3.8) is 0 Å². The Hall–Kier alpha value is -2.79. The molecule has 2 N–H and O–H groups in total. The average Bonchev–Trinajstić information content (AvgIpc) is 3.34. The molecule has 0 saturated heterocycles. The van der Waals surface area contributed by atoms with E-state index in [0.29, 0.717) is 10.1 Å². The maximum atomic E-state index is 12.2. The summed E-state index contributed by atoms with van der Waals surface area (Å²) in [7, 11) is 0. The molecule has 1 aliphatic rings. The van der Waals surface area contributed by atoms with Gasteiger partial charge in [-0.3, -0.25) is 4.79 Å². The van der Waals surface area contributed by atoms with Crippen LogP contribution in [0.4, 0.5) is 5.69 Å². The van der Waals surface area contributed by atoms with Gasteiger partial charge in [-0.05, 0) is 16.5 Å². The molecule has 0 fully saturated rings. The van der Waals surface area contributed by atoms with Gasteiger partial charge in [0.15, 0.2) is 0 Å². The molecular weight excluding hydrogens is 415 g/mol. The SMILES string of the molecule is CC(=O)O.O=C1N=C(Nc2cc[c]([Na])cc2)SC1=Cc1cccc(-n2cnnn2)c1. The monoisotopic (exact) mass is 430 g/mol. The standard InChI is InChI=1S/C17H11N6OS.C2H4O2.Na/c24-16-15(25-17(20-16)19-13-6-2-1-3-7-13)10-12-5-4-8-14(9-12)23-11-18-21-22-23;1-2(3)4;/h2-11H,(H,19,20,24);1H3,(H,3,4);. The second kappa shape index (κ2) is 10.3. The third-order valence-corrected chi connectivity index (χ3v) is 5.27. The van der Waals surface area contributed by atoms with E-state index in [2.05, 4.69) is 38.0 Å². The van der Waals surface area contributed by atoms with Crippen LogP contribution in [-0.4, -0.2) is 70.3 Å². The molecular formula is C19H15N6NaO3S. The maximum absolute atomic E-state index is 12.2. The van der Waals surface area contributed by atoms with Gasteiger partial charge in [-0.2, -0.15) is 0 Å². The van der Waals surface area contributed by atoms with Gasteiger partial charge in [-0.15, -0.1) is 5.10 Å². The molecule has 9 nitrogen and oxygen atoms in total. The Kier molecular flexibility index (Phi) is 7.52. The molecule has 1 amide bonds. The number of hydrogen-bond donors (Lipinski definition) is 2. The number of carboxylic acids is 1.